The van der Waals surface area contributed by atoms with E-state index in [-0.39, 0.29) is 6.10 Å². The highest BCUT2D eigenvalue weighted by Gasteiger charge is 2.01. The number of ether oxygens (including phenoxy) is 1. The highest BCUT2D eigenvalue weighted by Crippen LogP contribution is 2.10. The molecule has 0 saturated carbocycles. The molecule has 0 bridgehead atoms. The molecule has 0 atom stereocenters. The monoisotopic (exact) mass is 237 g/mol. The highest BCUT2D eigenvalue weighted by molar-refractivity contribution is 5.27. The average molecular weight is 237 g/mol. The predicted octanol–water partition coefficient (Wildman–Crippen LogP) is 3.26. The van der Waals surface area contributed by atoms with Crippen LogP contribution in [0.5, 0.6) is 5.88 Å². The lowest BCUT2D eigenvalue weighted by Gasteiger charge is -2.09. The van der Waals surface area contributed by atoms with E-state index in [0.29, 0.717) is 11.8 Å². The van der Waals surface area contributed by atoms with Gasteiger partial charge in [-0.2, -0.15) is 4.98 Å². The molecule has 1 aromatic heterocycles. The minimum absolute atomic E-state index is 0.141. The van der Waals surface area contributed by atoms with Crippen LogP contribution in [0, 0.1) is 0 Å². The summed E-state index contributed by atoms with van der Waals surface area (Å²) in [5, 5.41) is 3.21. The zero-order chi connectivity index (χ0) is 12.5. The second-order valence-electron chi connectivity index (χ2n) is 4.37. The minimum atomic E-state index is 0.141. The van der Waals surface area contributed by atoms with Gasteiger partial charge in [-0.05, 0) is 20.3 Å². The van der Waals surface area contributed by atoms with Crippen LogP contribution in [0.1, 0.15) is 46.5 Å². The van der Waals surface area contributed by atoms with Crippen LogP contribution in [-0.4, -0.2) is 22.6 Å². The van der Waals surface area contributed by atoms with E-state index in [1.54, 1.807) is 12.3 Å². The molecule has 1 rings (SSSR count). The van der Waals surface area contributed by atoms with E-state index in [4.69, 9.17) is 4.74 Å². The Hall–Kier alpha value is -1.32. The molecule has 0 amide bonds. The van der Waals surface area contributed by atoms with Crippen molar-refractivity contribution in [2.45, 2.75) is 52.6 Å². The molecule has 0 aliphatic heterocycles. The standard InChI is InChI=1S/C13H23N3O/c1-4-5-6-7-9-14-13-15-10-8-12(16-13)17-11(2)3/h8,10-11H,4-7,9H2,1-3H3,(H,14,15,16). The Kier molecular flexibility index (Phi) is 6.37. The van der Waals surface area contributed by atoms with Gasteiger partial charge in [-0.25, -0.2) is 4.98 Å². The first kappa shape index (κ1) is 13.7. The topological polar surface area (TPSA) is 47.0 Å². The Labute approximate surface area is 104 Å². The fourth-order valence-corrected chi connectivity index (χ4v) is 1.49. The predicted molar refractivity (Wildman–Crippen MR) is 70.4 cm³/mol. The molecule has 0 aromatic carbocycles. The third-order valence-corrected chi connectivity index (χ3v) is 2.30. The molecule has 4 heteroatoms. The van der Waals surface area contributed by atoms with Gasteiger partial charge >= 0.3 is 0 Å². The average Bonchev–Trinajstić information content (AvgIpc) is 2.28. The Morgan fingerprint density at radius 2 is 2.12 bits per heavy atom. The van der Waals surface area contributed by atoms with Gasteiger partial charge in [0.15, 0.2) is 0 Å². The molecule has 0 unspecified atom stereocenters. The van der Waals surface area contributed by atoms with Gasteiger partial charge in [0.05, 0.1) is 6.10 Å². The summed E-state index contributed by atoms with van der Waals surface area (Å²) in [4.78, 5) is 8.45. The molecule has 1 heterocycles. The van der Waals surface area contributed by atoms with Crippen LogP contribution in [0.25, 0.3) is 0 Å². The van der Waals surface area contributed by atoms with Gasteiger partial charge in [0.25, 0.3) is 0 Å². The molecule has 0 fully saturated rings. The molecule has 1 aromatic rings. The molecular weight excluding hydrogens is 214 g/mol. The largest absolute Gasteiger partial charge is 0.475 e. The second kappa shape index (κ2) is 7.87. The Morgan fingerprint density at radius 3 is 2.82 bits per heavy atom. The number of unbranched alkanes of at least 4 members (excludes halogenated alkanes) is 3. The van der Waals surface area contributed by atoms with Crippen LogP contribution in [0.3, 0.4) is 0 Å². The van der Waals surface area contributed by atoms with E-state index in [2.05, 4.69) is 22.2 Å². The first-order chi connectivity index (χ1) is 8.22. The normalized spacial score (nSPS) is 10.6. The number of anilines is 1. The maximum Gasteiger partial charge on any atom is 0.225 e. The van der Waals surface area contributed by atoms with Crippen LogP contribution >= 0.6 is 0 Å². The smallest absolute Gasteiger partial charge is 0.225 e. The maximum atomic E-state index is 5.51. The van der Waals surface area contributed by atoms with E-state index in [1.165, 1.54) is 19.3 Å². The van der Waals surface area contributed by atoms with Gasteiger partial charge in [-0.15, -0.1) is 0 Å². The Morgan fingerprint density at radius 1 is 1.29 bits per heavy atom. The van der Waals surface area contributed by atoms with Crippen LogP contribution in [0.4, 0.5) is 5.95 Å². The lowest BCUT2D eigenvalue weighted by Crippen LogP contribution is -2.10. The van der Waals surface area contributed by atoms with Gasteiger partial charge in [0, 0.05) is 18.8 Å². The fraction of sp³-hybridized carbons (Fsp3) is 0.692. The van der Waals surface area contributed by atoms with E-state index in [9.17, 15) is 0 Å². The molecule has 1 N–H and O–H groups in total. The van der Waals surface area contributed by atoms with E-state index < -0.39 is 0 Å². The van der Waals surface area contributed by atoms with Crippen molar-refractivity contribution in [3.8, 4) is 5.88 Å². The number of hydrogen-bond acceptors (Lipinski definition) is 4. The third kappa shape index (κ3) is 6.09. The highest BCUT2D eigenvalue weighted by atomic mass is 16.5. The fourth-order valence-electron chi connectivity index (χ4n) is 1.49. The summed E-state index contributed by atoms with van der Waals surface area (Å²) in [6.45, 7) is 7.11. The Bertz CT molecular complexity index is 315. The molecule has 17 heavy (non-hydrogen) atoms. The van der Waals surface area contributed by atoms with Crippen molar-refractivity contribution in [1.29, 1.82) is 0 Å². The zero-order valence-electron chi connectivity index (χ0n) is 11.1. The molecule has 4 nitrogen and oxygen atoms in total. The zero-order valence-corrected chi connectivity index (χ0v) is 11.1. The maximum absolute atomic E-state index is 5.51. The summed E-state index contributed by atoms with van der Waals surface area (Å²) in [6.07, 6.45) is 6.83. The number of rotatable bonds is 8. The van der Waals surface area contributed by atoms with E-state index in [1.807, 2.05) is 13.8 Å². The number of nitrogens with one attached hydrogen (secondary N) is 1. The number of hydrogen-bond donors (Lipinski definition) is 1. The molecule has 0 aliphatic carbocycles. The summed E-state index contributed by atoms with van der Waals surface area (Å²) < 4.78 is 5.51. The van der Waals surface area contributed by atoms with E-state index in [0.717, 1.165) is 13.0 Å². The molecular formula is C13H23N3O. The minimum Gasteiger partial charge on any atom is -0.475 e. The molecule has 0 saturated heterocycles. The first-order valence-electron chi connectivity index (χ1n) is 6.46. The van der Waals surface area contributed by atoms with E-state index >= 15 is 0 Å². The number of nitrogens with zero attached hydrogens (tertiary/aromatic N) is 2. The molecule has 0 radical (unpaired) electrons. The van der Waals surface area contributed by atoms with Gasteiger partial charge in [0.2, 0.25) is 11.8 Å². The second-order valence-corrected chi connectivity index (χ2v) is 4.37. The quantitative estimate of drug-likeness (QED) is 0.705. The van der Waals surface area contributed by atoms with Crippen molar-refractivity contribution in [3.63, 3.8) is 0 Å². The summed E-state index contributed by atoms with van der Waals surface area (Å²) in [7, 11) is 0. The molecule has 0 spiro atoms. The van der Waals surface area contributed by atoms with Gasteiger partial charge in [-0.3, -0.25) is 0 Å². The van der Waals surface area contributed by atoms with Crippen LogP contribution in [0.2, 0.25) is 0 Å². The van der Waals surface area contributed by atoms with Gasteiger partial charge in [-0.1, -0.05) is 26.2 Å². The summed E-state index contributed by atoms with van der Waals surface area (Å²) >= 11 is 0. The van der Waals surface area contributed by atoms with Crippen LogP contribution in [0.15, 0.2) is 12.3 Å². The van der Waals surface area contributed by atoms with Crippen LogP contribution in [-0.2, 0) is 0 Å². The lowest BCUT2D eigenvalue weighted by atomic mass is 10.2. The van der Waals surface area contributed by atoms with Crippen LogP contribution < -0.4 is 10.1 Å². The summed E-state index contributed by atoms with van der Waals surface area (Å²) in [5.41, 5.74) is 0. The van der Waals surface area contributed by atoms with Crippen molar-refractivity contribution in [2.75, 3.05) is 11.9 Å². The van der Waals surface area contributed by atoms with Crippen molar-refractivity contribution in [2.24, 2.45) is 0 Å². The number of aromatic nitrogens is 2. The van der Waals surface area contributed by atoms with Crippen molar-refractivity contribution < 1.29 is 4.74 Å². The lowest BCUT2D eigenvalue weighted by molar-refractivity contribution is 0.232. The third-order valence-electron chi connectivity index (χ3n) is 2.30. The van der Waals surface area contributed by atoms with Gasteiger partial charge < -0.3 is 10.1 Å². The molecule has 96 valence electrons. The van der Waals surface area contributed by atoms with Crippen molar-refractivity contribution in [1.82, 2.24) is 9.97 Å². The van der Waals surface area contributed by atoms with Gasteiger partial charge in [0.1, 0.15) is 0 Å². The first-order valence-corrected chi connectivity index (χ1v) is 6.46. The van der Waals surface area contributed by atoms with Crippen molar-refractivity contribution in [3.05, 3.63) is 12.3 Å². The SMILES string of the molecule is CCCCCCNc1nccc(OC(C)C)n1. The summed E-state index contributed by atoms with van der Waals surface area (Å²) in [5.74, 6) is 1.28. The summed E-state index contributed by atoms with van der Waals surface area (Å²) in [6, 6.07) is 1.78. The molecule has 0 aliphatic rings. The van der Waals surface area contributed by atoms with Crippen molar-refractivity contribution >= 4 is 5.95 Å². The Balaban J connectivity index is 2.32.